The normalized spacial score (nSPS) is 23.3. The predicted octanol–water partition coefficient (Wildman–Crippen LogP) is 8.84. The van der Waals surface area contributed by atoms with E-state index in [4.69, 9.17) is 50.8 Å². The van der Waals surface area contributed by atoms with E-state index in [2.05, 4.69) is 41.5 Å². The minimum Gasteiger partial charge on any atom is -0.450 e. The molecule has 14 heteroatoms. The van der Waals surface area contributed by atoms with Crippen molar-refractivity contribution in [1.29, 1.82) is 0 Å². The number of rotatable bonds is 24. The molecule has 0 bridgehead atoms. The van der Waals surface area contributed by atoms with E-state index < -0.39 is 27.4 Å². The van der Waals surface area contributed by atoms with E-state index >= 15 is 0 Å². The third-order valence-corrected chi connectivity index (χ3v) is 15.2. The van der Waals surface area contributed by atoms with Crippen LogP contribution in [0.25, 0.3) is 0 Å². The van der Waals surface area contributed by atoms with Crippen LogP contribution in [0.4, 0.5) is 0 Å². The van der Waals surface area contributed by atoms with Gasteiger partial charge in [-0.2, -0.15) is 0 Å². The fourth-order valence-corrected chi connectivity index (χ4v) is 9.62. The van der Waals surface area contributed by atoms with Crippen LogP contribution in [0.3, 0.4) is 0 Å². The summed E-state index contributed by atoms with van der Waals surface area (Å²) in [6.07, 6.45) is 3.95. The van der Waals surface area contributed by atoms with Crippen LogP contribution < -0.4 is 9.05 Å². The van der Waals surface area contributed by atoms with Gasteiger partial charge in [0.25, 0.3) is 8.38 Å². The van der Waals surface area contributed by atoms with Gasteiger partial charge < -0.3 is 50.8 Å². The molecule has 286 valence electrons. The maximum Gasteiger partial charge on any atom is 0.264 e. The van der Waals surface area contributed by atoms with Crippen LogP contribution in [-0.4, -0.2) is 90.0 Å². The van der Waals surface area contributed by atoms with E-state index in [0.717, 1.165) is 38.9 Å². The first kappa shape index (κ1) is 40.9. The van der Waals surface area contributed by atoms with Crippen LogP contribution in [0.15, 0.2) is 24.3 Å². The first-order valence-electron chi connectivity index (χ1n) is 18.2. The lowest BCUT2D eigenvalue weighted by Gasteiger charge is -2.47. The van der Waals surface area contributed by atoms with E-state index in [9.17, 15) is 0 Å². The van der Waals surface area contributed by atoms with Gasteiger partial charge in [-0.1, -0.05) is 27.7 Å². The van der Waals surface area contributed by atoms with Crippen molar-refractivity contribution < 1.29 is 50.8 Å². The fourth-order valence-electron chi connectivity index (χ4n) is 5.64. The minimum absolute atomic E-state index is 0.00938. The summed E-state index contributed by atoms with van der Waals surface area (Å²) >= 11 is 0. The summed E-state index contributed by atoms with van der Waals surface area (Å²) < 4.78 is 67.8. The molecule has 11 nitrogen and oxygen atoms in total. The van der Waals surface area contributed by atoms with Gasteiger partial charge >= 0.3 is 0 Å². The van der Waals surface area contributed by atoms with E-state index in [1.807, 2.05) is 38.1 Å². The van der Waals surface area contributed by atoms with Crippen molar-refractivity contribution in [2.45, 2.75) is 91.8 Å². The maximum atomic E-state index is 7.03. The van der Waals surface area contributed by atoms with Gasteiger partial charge in [-0.25, -0.2) is 0 Å². The molecule has 3 atom stereocenters. The second kappa shape index (κ2) is 17.5. The molecule has 4 heterocycles. The van der Waals surface area contributed by atoms with E-state index in [0.29, 0.717) is 77.6 Å². The summed E-state index contributed by atoms with van der Waals surface area (Å²) in [7, 11) is -3.26. The van der Waals surface area contributed by atoms with Crippen molar-refractivity contribution in [1.82, 2.24) is 0 Å². The summed E-state index contributed by atoms with van der Waals surface area (Å²) in [6, 6.07) is 7.60. The Hall–Kier alpha value is -0.250. The monoisotopic (exact) mass is 762 g/mol. The van der Waals surface area contributed by atoms with E-state index in [-0.39, 0.29) is 30.7 Å². The van der Waals surface area contributed by atoms with Crippen molar-refractivity contribution in [2.24, 2.45) is 21.7 Å². The van der Waals surface area contributed by atoms with Crippen LogP contribution in [0.5, 0.6) is 11.5 Å². The maximum absolute atomic E-state index is 7.03. The highest BCUT2D eigenvalue weighted by atomic mass is 31.2. The smallest absolute Gasteiger partial charge is 0.264 e. The zero-order chi connectivity index (χ0) is 35.9. The molecule has 4 saturated heterocycles. The quantitative estimate of drug-likeness (QED) is 0.0746. The average molecular weight is 763 g/mol. The number of hydrogen-bond acceptors (Lipinski definition) is 11. The molecule has 4 aliphatic rings. The molecule has 5 rings (SSSR count). The van der Waals surface area contributed by atoms with E-state index in [1.165, 1.54) is 0 Å². The van der Waals surface area contributed by atoms with Crippen LogP contribution in [0.2, 0.25) is 0 Å². The number of ether oxygens (including phenoxy) is 5. The predicted molar refractivity (Wildman–Crippen MR) is 197 cm³/mol. The number of benzene rings is 1. The Morgan fingerprint density at radius 2 is 1.00 bits per heavy atom. The summed E-state index contributed by atoms with van der Waals surface area (Å²) in [5.74, 6) is 1.38. The summed E-state index contributed by atoms with van der Waals surface area (Å²) in [6.45, 7) is 24.9. The van der Waals surface area contributed by atoms with Gasteiger partial charge in [0.05, 0.1) is 79.3 Å². The largest absolute Gasteiger partial charge is 0.450 e. The first-order valence-corrected chi connectivity index (χ1v) is 21.3. The lowest BCUT2D eigenvalue weighted by atomic mass is 9.84. The molecule has 0 radical (unpaired) electrons. The lowest BCUT2D eigenvalue weighted by Crippen LogP contribution is -2.48. The second-order valence-corrected chi connectivity index (χ2v) is 20.5. The average Bonchev–Trinajstić information content (AvgIpc) is 3.02. The van der Waals surface area contributed by atoms with Gasteiger partial charge in [0.15, 0.2) is 0 Å². The van der Waals surface area contributed by atoms with Gasteiger partial charge in [-0.15, -0.1) is 0 Å². The van der Waals surface area contributed by atoms with Crippen molar-refractivity contribution in [3.63, 3.8) is 0 Å². The topological polar surface area (TPSA) is 102 Å². The standard InChI is InChI=1S/C36H61O11P3/c1-9-33(17-37-18-33)25-41-31(5,6)50(44-28-36(12-4)23-40-24-36)47-32(7,8)49(43-27-35(11-3)21-39-22-35)46-30-15-13-29(14-16-30)45-48-42-26-34(10-2)19-38-20-34/h13-16,48H,9-12,17-28H2,1-8H3. The van der Waals surface area contributed by atoms with Crippen molar-refractivity contribution in [3.05, 3.63) is 24.3 Å². The van der Waals surface area contributed by atoms with Gasteiger partial charge in [0.2, 0.25) is 17.4 Å². The molecule has 0 N–H and O–H groups in total. The number of hydrogen-bond donors (Lipinski definition) is 0. The van der Waals surface area contributed by atoms with Gasteiger partial charge in [-0.05, 0) is 77.6 Å². The molecule has 0 saturated carbocycles. The lowest BCUT2D eigenvalue weighted by molar-refractivity contribution is -0.166. The zero-order valence-corrected chi connectivity index (χ0v) is 34.3. The van der Waals surface area contributed by atoms with Gasteiger partial charge in [0.1, 0.15) is 22.2 Å². The Balaban J connectivity index is 1.27. The highest BCUT2D eigenvalue weighted by molar-refractivity contribution is 7.52. The molecule has 50 heavy (non-hydrogen) atoms. The molecular weight excluding hydrogens is 701 g/mol. The van der Waals surface area contributed by atoms with Crippen LogP contribution in [-0.2, 0) is 41.8 Å². The zero-order valence-electron chi connectivity index (χ0n) is 31.5. The molecular formula is C36H61O11P3. The molecule has 3 unspecified atom stereocenters. The van der Waals surface area contributed by atoms with Crippen LogP contribution >= 0.6 is 25.8 Å². The molecule has 0 aromatic heterocycles. The van der Waals surface area contributed by atoms with Crippen LogP contribution in [0.1, 0.15) is 81.1 Å². The van der Waals surface area contributed by atoms with Crippen LogP contribution in [0, 0.1) is 21.7 Å². The Morgan fingerprint density at radius 3 is 1.44 bits per heavy atom. The van der Waals surface area contributed by atoms with Crippen molar-refractivity contribution in [3.8, 4) is 11.5 Å². The molecule has 0 amide bonds. The second-order valence-electron chi connectivity index (χ2n) is 15.8. The molecule has 4 fully saturated rings. The molecule has 0 spiro atoms. The third-order valence-electron chi connectivity index (χ3n) is 10.8. The first-order chi connectivity index (χ1) is 23.9. The van der Waals surface area contributed by atoms with Gasteiger partial charge in [-0.3, -0.25) is 0 Å². The summed E-state index contributed by atoms with van der Waals surface area (Å²) in [5.41, 5.74) is 0.122. The molecule has 1 aromatic rings. The minimum atomic E-state index is -1.61. The third kappa shape index (κ3) is 10.1. The Morgan fingerprint density at radius 1 is 0.580 bits per heavy atom. The molecule has 4 aliphatic heterocycles. The van der Waals surface area contributed by atoms with Gasteiger partial charge in [0, 0.05) is 21.7 Å². The van der Waals surface area contributed by atoms with Crippen molar-refractivity contribution >= 4 is 25.8 Å². The Bertz CT molecular complexity index is 1160. The summed E-state index contributed by atoms with van der Waals surface area (Å²) in [5, 5.41) is -1.56. The van der Waals surface area contributed by atoms with Crippen molar-refractivity contribution in [2.75, 3.05) is 79.3 Å². The Kier molecular flexibility index (Phi) is 14.3. The highest BCUT2D eigenvalue weighted by Crippen LogP contribution is 2.64. The Labute approximate surface area is 304 Å². The molecule has 1 aromatic carbocycles. The SMILES string of the molecule is CCC1(COPOc2ccc(OP(OCC3(CC)COC3)C(C)(C)OP(OCC3(CC)COC3)C(C)(C)OCC3(CC)COC3)cc2)COC1. The molecule has 0 aliphatic carbocycles. The van der Waals surface area contributed by atoms with E-state index in [1.54, 1.807) is 0 Å². The highest BCUT2D eigenvalue weighted by Gasteiger charge is 2.49. The fraction of sp³-hybridized carbons (Fsp3) is 0.833. The summed E-state index contributed by atoms with van der Waals surface area (Å²) in [4.78, 5) is 0.